The van der Waals surface area contributed by atoms with Crippen molar-refractivity contribution in [3.63, 3.8) is 0 Å². The van der Waals surface area contributed by atoms with Crippen molar-refractivity contribution in [2.75, 3.05) is 18.5 Å². The molecule has 0 amide bonds. The summed E-state index contributed by atoms with van der Waals surface area (Å²) in [6, 6.07) is 17.8. The number of anilines is 1. The molecule has 0 aliphatic heterocycles. The fraction of sp³-hybridized carbons (Fsp3) is 0.105. The van der Waals surface area contributed by atoms with Crippen molar-refractivity contribution in [2.24, 2.45) is 0 Å². The summed E-state index contributed by atoms with van der Waals surface area (Å²) in [5.74, 6) is 1.50. The van der Waals surface area contributed by atoms with Gasteiger partial charge in [-0.15, -0.1) is 0 Å². The molecule has 7 heteroatoms. The molecular weight excluding hydrogens is 366 g/mol. The number of para-hydroxylation sites is 1. The van der Waals surface area contributed by atoms with Gasteiger partial charge in [-0.05, 0) is 24.3 Å². The van der Waals surface area contributed by atoms with Crippen LogP contribution < -0.4 is 13.2 Å². The van der Waals surface area contributed by atoms with Crippen LogP contribution in [0.15, 0.2) is 60.8 Å². The van der Waals surface area contributed by atoms with Gasteiger partial charge in [0.05, 0.1) is 19.0 Å². The van der Waals surface area contributed by atoms with E-state index < -0.39 is 0 Å². The molecular formula is C19H19N3O2S2. The van der Waals surface area contributed by atoms with E-state index in [2.05, 4.69) is 28.2 Å². The third kappa shape index (κ3) is 3.54. The Labute approximate surface area is 163 Å². The van der Waals surface area contributed by atoms with E-state index in [0.29, 0.717) is 0 Å². The molecule has 0 saturated heterocycles. The largest absolute Gasteiger partial charge is 0.497 e. The summed E-state index contributed by atoms with van der Waals surface area (Å²) in [6.45, 7) is 0. The van der Waals surface area contributed by atoms with Crippen molar-refractivity contribution in [1.29, 1.82) is 0 Å². The maximum atomic E-state index is 5.77. The van der Waals surface area contributed by atoms with Crippen LogP contribution in [-0.4, -0.2) is 24.1 Å². The average molecular weight is 386 g/mol. The number of benzene rings is 2. The number of H-pyrrole nitrogens is 1. The zero-order chi connectivity index (χ0) is 17.2. The van der Waals surface area contributed by atoms with Crippen molar-refractivity contribution in [1.82, 2.24) is 9.97 Å². The molecule has 4 rings (SSSR count). The maximum Gasteiger partial charge on any atom is 0.179 e. The molecule has 2 heterocycles. The third-order valence-corrected chi connectivity index (χ3v) is 4.70. The highest BCUT2D eigenvalue weighted by molar-refractivity contribution is 7.96. The van der Waals surface area contributed by atoms with E-state index in [0.717, 1.165) is 33.7 Å². The Balaban J connectivity index is 0.00000196. The second-order valence-electron chi connectivity index (χ2n) is 5.59. The summed E-state index contributed by atoms with van der Waals surface area (Å²) in [5, 5.41) is 2.26. The minimum Gasteiger partial charge on any atom is -0.497 e. The van der Waals surface area contributed by atoms with E-state index in [1.54, 1.807) is 7.11 Å². The Morgan fingerprint density at radius 2 is 1.81 bits per heavy atom. The fourth-order valence-corrected chi connectivity index (χ4v) is 3.17. The van der Waals surface area contributed by atoms with Gasteiger partial charge in [-0.25, -0.2) is 4.98 Å². The number of fused-ring (bicyclic) bond motifs is 3. The topological polar surface area (TPSA) is 50.4 Å². The minimum absolute atomic E-state index is 0. The molecule has 0 aliphatic rings. The van der Waals surface area contributed by atoms with E-state index in [1.165, 1.54) is 17.6 Å². The number of hydrogen-bond acceptors (Lipinski definition) is 5. The Morgan fingerprint density at radius 3 is 2.65 bits per heavy atom. The summed E-state index contributed by atoms with van der Waals surface area (Å²) in [7, 11) is 3.59. The third-order valence-electron chi connectivity index (χ3n) is 3.99. The van der Waals surface area contributed by atoms with Gasteiger partial charge in [0, 0.05) is 29.4 Å². The Kier molecular flexibility index (Phi) is 5.49. The highest BCUT2D eigenvalue weighted by atomic mass is 32.2. The van der Waals surface area contributed by atoms with Crippen LogP contribution in [0.3, 0.4) is 0 Å². The average Bonchev–Trinajstić information content (AvgIpc) is 3.04. The highest BCUT2D eigenvalue weighted by Gasteiger charge is 2.10. The first-order valence-electron chi connectivity index (χ1n) is 7.83. The van der Waals surface area contributed by atoms with E-state index >= 15 is 0 Å². The van der Waals surface area contributed by atoms with Crippen LogP contribution in [0, 0.1) is 0 Å². The van der Waals surface area contributed by atoms with Crippen molar-refractivity contribution < 1.29 is 8.92 Å². The van der Waals surface area contributed by atoms with Gasteiger partial charge in [-0.3, -0.25) is 4.31 Å². The summed E-state index contributed by atoms with van der Waals surface area (Å²) in [4.78, 5) is 7.87. The van der Waals surface area contributed by atoms with Gasteiger partial charge in [0.2, 0.25) is 0 Å². The van der Waals surface area contributed by atoms with Crippen LogP contribution in [0.1, 0.15) is 0 Å². The van der Waals surface area contributed by atoms with Gasteiger partial charge >= 0.3 is 0 Å². The van der Waals surface area contributed by atoms with Crippen LogP contribution >= 0.6 is 25.7 Å². The van der Waals surface area contributed by atoms with Crippen LogP contribution in [0.4, 0.5) is 5.69 Å². The molecule has 4 aromatic rings. The molecule has 0 aliphatic carbocycles. The second kappa shape index (κ2) is 7.80. The zero-order valence-electron chi connectivity index (χ0n) is 14.4. The highest BCUT2D eigenvalue weighted by Crippen LogP contribution is 2.30. The van der Waals surface area contributed by atoms with E-state index in [9.17, 15) is 0 Å². The van der Waals surface area contributed by atoms with Gasteiger partial charge in [-0.1, -0.05) is 24.3 Å². The molecule has 134 valence electrons. The number of hydrogen-bond donors (Lipinski definition) is 1. The first-order chi connectivity index (χ1) is 12.2. The van der Waals surface area contributed by atoms with Crippen LogP contribution in [0.5, 0.6) is 11.5 Å². The first-order valence-corrected chi connectivity index (χ1v) is 8.53. The fourth-order valence-electron chi connectivity index (χ4n) is 2.68. The lowest BCUT2D eigenvalue weighted by atomic mass is 10.2. The smallest absolute Gasteiger partial charge is 0.179 e. The van der Waals surface area contributed by atoms with Gasteiger partial charge in [-0.2, -0.15) is 13.5 Å². The minimum atomic E-state index is 0. The monoisotopic (exact) mass is 385 g/mol. The number of ether oxygens (including phenoxy) is 1. The van der Waals surface area contributed by atoms with Gasteiger partial charge in [0.15, 0.2) is 12.2 Å². The normalized spacial score (nSPS) is 10.5. The van der Waals surface area contributed by atoms with Crippen molar-refractivity contribution in [3.05, 3.63) is 60.8 Å². The van der Waals surface area contributed by atoms with Gasteiger partial charge in [0.25, 0.3) is 0 Å². The lowest BCUT2D eigenvalue weighted by Crippen LogP contribution is -2.08. The Bertz CT molecular complexity index is 1040. The van der Waals surface area contributed by atoms with Crippen LogP contribution in [-0.2, 0) is 0 Å². The van der Waals surface area contributed by atoms with Crippen molar-refractivity contribution in [3.8, 4) is 11.5 Å². The predicted molar refractivity (Wildman–Crippen MR) is 114 cm³/mol. The molecule has 0 radical (unpaired) electrons. The SMILES string of the molecule is COc1cccc(OSN(C)c2cnc3[nH]c4ccccc4c3c2)c1.S. The number of aromatic nitrogens is 2. The first kappa shape index (κ1) is 18.3. The molecule has 0 atom stereocenters. The predicted octanol–water partition coefficient (Wildman–Crippen LogP) is 4.92. The Morgan fingerprint density at radius 1 is 1.00 bits per heavy atom. The maximum absolute atomic E-state index is 5.77. The molecule has 1 N–H and O–H groups in total. The molecule has 0 spiro atoms. The van der Waals surface area contributed by atoms with Crippen molar-refractivity contribution >= 4 is 53.3 Å². The van der Waals surface area contributed by atoms with Gasteiger partial charge in [0.1, 0.15) is 17.1 Å². The zero-order valence-corrected chi connectivity index (χ0v) is 16.2. The molecule has 0 saturated carbocycles. The number of rotatable bonds is 5. The van der Waals surface area contributed by atoms with Gasteiger partial charge < -0.3 is 13.9 Å². The van der Waals surface area contributed by atoms with E-state index in [-0.39, 0.29) is 13.5 Å². The number of nitrogens with zero attached hydrogens (tertiary/aromatic N) is 2. The van der Waals surface area contributed by atoms with E-state index in [1.807, 2.05) is 53.9 Å². The molecule has 2 aromatic heterocycles. The van der Waals surface area contributed by atoms with Crippen LogP contribution in [0.2, 0.25) is 0 Å². The molecule has 2 aromatic carbocycles. The lowest BCUT2D eigenvalue weighted by Gasteiger charge is -2.16. The standard InChI is InChI=1S/C19H17N3O2S.H2S/c1-22(25-24-15-7-5-6-14(11-15)23-2)13-10-17-16-8-3-4-9-18(16)21-19(17)20-12-13;/h3-12H,1-2H3,(H,20,21);1H2. The summed E-state index contributed by atoms with van der Waals surface area (Å²) >= 11 is 1.25. The van der Waals surface area contributed by atoms with E-state index in [4.69, 9.17) is 8.92 Å². The summed E-state index contributed by atoms with van der Waals surface area (Å²) in [6.07, 6.45) is 1.83. The number of methoxy groups -OCH3 is 1. The summed E-state index contributed by atoms with van der Waals surface area (Å²) in [5.41, 5.74) is 2.94. The van der Waals surface area contributed by atoms with Crippen LogP contribution in [0.25, 0.3) is 21.9 Å². The molecule has 26 heavy (non-hydrogen) atoms. The number of pyridine rings is 1. The molecule has 0 fully saturated rings. The molecule has 0 unspecified atom stereocenters. The quantitative estimate of drug-likeness (QED) is 0.390. The van der Waals surface area contributed by atoms with Crippen molar-refractivity contribution in [2.45, 2.75) is 0 Å². The summed E-state index contributed by atoms with van der Waals surface area (Å²) < 4.78 is 12.9. The number of nitrogens with one attached hydrogen (secondary N) is 1. The number of aromatic amines is 1. The molecule has 5 nitrogen and oxygen atoms in total. The second-order valence-corrected chi connectivity index (χ2v) is 6.46. The molecule has 0 bridgehead atoms. The Hall–Kier alpha value is -2.51. The lowest BCUT2D eigenvalue weighted by molar-refractivity contribution is 0.413.